The number of hydrogen-bond donors (Lipinski definition) is 2. The van der Waals surface area contributed by atoms with E-state index in [1.807, 2.05) is 0 Å². The van der Waals surface area contributed by atoms with Crippen LogP contribution in [0.25, 0.3) is 10.9 Å². The van der Waals surface area contributed by atoms with E-state index in [0.29, 0.717) is 22.3 Å². The highest BCUT2D eigenvalue weighted by atomic mass is 19.4. The minimum Gasteiger partial charge on any atom is -0.482 e. The van der Waals surface area contributed by atoms with Gasteiger partial charge in [-0.05, 0) is 12.1 Å². The fourth-order valence-corrected chi connectivity index (χ4v) is 1.89. The van der Waals surface area contributed by atoms with Crippen LogP contribution >= 0.6 is 0 Å². The van der Waals surface area contributed by atoms with Crippen LogP contribution in [0.1, 0.15) is 5.69 Å². The zero-order chi connectivity index (χ0) is 15.5. The molecule has 0 bridgehead atoms. The molecule has 8 heteroatoms. The first-order chi connectivity index (χ1) is 9.94. The lowest BCUT2D eigenvalue weighted by atomic mass is 10.1. The van der Waals surface area contributed by atoms with Crippen LogP contribution in [0.2, 0.25) is 0 Å². The van der Waals surface area contributed by atoms with Crippen molar-refractivity contribution in [1.82, 2.24) is 4.98 Å². The normalized spacial score (nSPS) is 11.7. The number of anilines is 1. The molecule has 1 aromatic heterocycles. The minimum atomic E-state index is -4.42. The Morgan fingerprint density at radius 1 is 1.33 bits per heavy atom. The van der Waals surface area contributed by atoms with E-state index in [0.717, 1.165) is 0 Å². The van der Waals surface area contributed by atoms with Crippen molar-refractivity contribution in [3.05, 3.63) is 30.0 Å². The lowest BCUT2D eigenvalue weighted by molar-refractivity contribution is -0.153. The maximum atomic E-state index is 12.3. The number of benzene rings is 1. The molecule has 0 aliphatic heterocycles. The summed E-state index contributed by atoms with van der Waals surface area (Å²) in [5, 5.41) is 0.567. The van der Waals surface area contributed by atoms with Crippen LogP contribution in [0, 0.1) is 0 Å². The second-order valence-electron chi connectivity index (χ2n) is 4.29. The van der Waals surface area contributed by atoms with Gasteiger partial charge in [-0.2, -0.15) is 13.2 Å². The zero-order valence-corrected chi connectivity index (χ0v) is 11.2. The van der Waals surface area contributed by atoms with Gasteiger partial charge in [-0.25, -0.2) is 4.98 Å². The molecule has 0 aliphatic carbocycles. The quantitative estimate of drug-likeness (QED) is 0.656. The Balaban J connectivity index is 2.48. The molecule has 2 rings (SSSR count). The Hall–Kier alpha value is -2.06. The number of halogens is 3. The smallest absolute Gasteiger partial charge is 0.422 e. The van der Waals surface area contributed by atoms with Gasteiger partial charge < -0.3 is 14.9 Å². The monoisotopic (exact) mass is 301 g/mol. The highest BCUT2D eigenvalue weighted by Gasteiger charge is 2.28. The molecule has 0 saturated carbocycles. The van der Waals surface area contributed by atoms with E-state index < -0.39 is 12.8 Å². The SMILES string of the molecule is COCc1cc(NN)c2cccc(OCC(F)(F)F)c2n1. The Morgan fingerprint density at radius 3 is 2.71 bits per heavy atom. The number of nitrogens with two attached hydrogens (primary N) is 1. The lowest BCUT2D eigenvalue weighted by Crippen LogP contribution is -2.19. The summed E-state index contributed by atoms with van der Waals surface area (Å²) in [4.78, 5) is 4.26. The molecule has 0 saturated heterocycles. The van der Waals surface area contributed by atoms with E-state index in [4.69, 9.17) is 15.3 Å². The van der Waals surface area contributed by atoms with Gasteiger partial charge >= 0.3 is 6.18 Å². The summed E-state index contributed by atoms with van der Waals surface area (Å²) in [5.41, 5.74) is 3.85. The van der Waals surface area contributed by atoms with Crippen molar-refractivity contribution in [2.24, 2.45) is 5.84 Å². The second kappa shape index (κ2) is 6.15. The van der Waals surface area contributed by atoms with E-state index in [1.54, 1.807) is 18.2 Å². The van der Waals surface area contributed by atoms with Crippen LogP contribution in [0.15, 0.2) is 24.3 Å². The molecule has 0 spiro atoms. The van der Waals surface area contributed by atoms with Gasteiger partial charge in [-0.3, -0.25) is 5.84 Å². The highest BCUT2D eigenvalue weighted by Crippen LogP contribution is 2.31. The molecule has 0 unspecified atom stereocenters. The number of fused-ring (bicyclic) bond motifs is 1. The van der Waals surface area contributed by atoms with Gasteiger partial charge in [0.25, 0.3) is 0 Å². The molecule has 2 aromatic rings. The predicted octanol–water partition coefficient (Wildman–Crippen LogP) is 2.61. The molecule has 1 aromatic carbocycles. The summed E-state index contributed by atoms with van der Waals surface area (Å²) in [6, 6.07) is 6.36. The number of alkyl halides is 3. The minimum absolute atomic E-state index is 0.0410. The first-order valence-corrected chi connectivity index (χ1v) is 6.02. The van der Waals surface area contributed by atoms with E-state index in [2.05, 4.69) is 10.4 Å². The number of para-hydroxylation sites is 1. The van der Waals surface area contributed by atoms with Gasteiger partial charge in [0.1, 0.15) is 11.3 Å². The van der Waals surface area contributed by atoms with Crippen LogP contribution < -0.4 is 16.0 Å². The molecule has 0 fully saturated rings. The maximum absolute atomic E-state index is 12.3. The van der Waals surface area contributed by atoms with Crippen molar-refractivity contribution in [1.29, 1.82) is 0 Å². The standard InChI is InChI=1S/C13H14F3N3O2/c1-20-6-8-5-10(19-17)9-3-2-4-11(12(9)18-8)21-7-13(14,15)16/h2-5H,6-7,17H2,1H3,(H,18,19). The Morgan fingerprint density at radius 2 is 2.10 bits per heavy atom. The summed E-state index contributed by atoms with van der Waals surface area (Å²) in [7, 11) is 1.49. The van der Waals surface area contributed by atoms with E-state index in [9.17, 15) is 13.2 Å². The van der Waals surface area contributed by atoms with E-state index in [1.165, 1.54) is 13.2 Å². The Labute approximate surface area is 118 Å². The molecule has 114 valence electrons. The fourth-order valence-electron chi connectivity index (χ4n) is 1.89. The fraction of sp³-hybridized carbons (Fsp3) is 0.308. The summed E-state index contributed by atoms with van der Waals surface area (Å²) in [6.45, 7) is -1.17. The van der Waals surface area contributed by atoms with E-state index in [-0.39, 0.29) is 12.4 Å². The molecule has 0 aliphatic rings. The number of pyridine rings is 1. The molecule has 1 heterocycles. The molecule has 0 radical (unpaired) electrons. The van der Waals surface area contributed by atoms with Gasteiger partial charge in [0, 0.05) is 12.5 Å². The zero-order valence-electron chi connectivity index (χ0n) is 11.2. The number of nitrogens with one attached hydrogen (secondary N) is 1. The first kappa shape index (κ1) is 15.3. The average molecular weight is 301 g/mol. The Kier molecular flexibility index (Phi) is 4.49. The molecular formula is C13H14F3N3O2. The largest absolute Gasteiger partial charge is 0.482 e. The number of hydrogen-bond acceptors (Lipinski definition) is 5. The van der Waals surface area contributed by atoms with Crippen LogP contribution in [0.3, 0.4) is 0 Å². The molecule has 3 N–H and O–H groups in total. The molecular weight excluding hydrogens is 287 g/mol. The van der Waals surface area contributed by atoms with E-state index >= 15 is 0 Å². The third kappa shape index (κ3) is 3.73. The van der Waals surface area contributed by atoms with Gasteiger partial charge in [-0.1, -0.05) is 12.1 Å². The summed E-state index contributed by atoms with van der Waals surface area (Å²) < 4.78 is 46.7. The van der Waals surface area contributed by atoms with Gasteiger partial charge in [0.2, 0.25) is 0 Å². The Bertz CT molecular complexity index is 632. The van der Waals surface area contributed by atoms with Crippen LogP contribution in [-0.4, -0.2) is 24.9 Å². The van der Waals surface area contributed by atoms with Gasteiger partial charge in [0.05, 0.1) is 18.0 Å². The predicted molar refractivity (Wildman–Crippen MR) is 71.8 cm³/mol. The van der Waals surface area contributed by atoms with Crippen molar-refractivity contribution >= 4 is 16.6 Å². The van der Waals surface area contributed by atoms with Crippen molar-refractivity contribution in [2.75, 3.05) is 19.1 Å². The van der Waals surface area contributed by atoms with Crippen molar-refractivity contribution in [2.45, 2.75) is 12.8 Å². The maximum Gasteiger partial charge on any atom is 0.422 e. The molecule has 5 nitrogen and oxygen atoms in total. The number of hydrazine groups is 1. The van der Waals surface area contributed by atoms with Crippen molar-refractivity contribution in [3.8, 4) is 5.75 Å². The number of aromatic nitrogens is 1. The number of nitrogens with zero attached hydrogens (tertiary/aromatic N) is 1. The van der Waals surface area contributed by atoms with Crippen LogP contribution in [0.4, 0.5) is 18.9 Å². The van der Waals surface area contributed by atoms with Crippen molar-refractivity contribution < 1.29 is 22.6 Å². The molecule has 0 amide bonds. The summed E-state index contributed by atoms with van der Waals surface area (Å²) in [6.07, 6.45) is -4.42. The molecule has 21 heavy (non-hydrogen) atoms. The van der Waals surface area contributed by atoms with Crippen LogP contribution in [-0.2, 0) is 11.3 Å². The average Bonchev–Trinajstić information content (AvgIpc) is 2.43. The third-order valence-corrected chi connectivity index (χ3v) is 2.69. The summed E-state index contributed by atoms with van der Waals surface area (Å²) in [5.74, 6) is 5.48. The number of methoxy groups -OCH3 is 1. The van der Waals surface area contributed by atoms with Gasteiger partial charge in [-0.15, -0.1) is 0 Å². The van der Waals surface area contributed by atoms with Crippen molar-refractivity contribution in [3.63, 3.8) is 0 Å². The number of ether oxygens (including phenoxy) is 2. The first-order valence-electron chi connectivity index (χ1n) is 6.02. The molecule has 0 atom stereocenters. The lowest BCUT2D eigenvalue weighted by Gasteiger charge is -2.13. The topological polar surface area (TPSA) is 69.4 Å². The summed E-state index contributed by atoms with van der Waals surface area (Å²) >= 11 is 0. The third-order valence-electron chi connectivity index (χ3n) is 2.69. The second-order valence-corrected chi connectivity index (χ2v) is 4.29. The van der Waals surface area contributed by atoms with Crippen LogP contribution in [0.5, 0.6) is 5.75 Å². The highest BCUT2D eigenvalue weighted by molar-refractivity contribution is 5.94. The number of rotatable bonds is 5. The van der Waals surface area contributed by atoms with Gasteiger partial charge in [0.15, 0.2) is 6.61 Å². The number of nitrogen functional groups attached to an aromatic ring is 1.